The van der Waals surface area contributed by atoms with Crippen molar-refractivity contribution in [1.29, 1.82) is 0 Å². The van der Waals surface area contributed by atoms with E-state index < -0.39 is 17.5 Å². The Bertz CT molecular complexity index is 1230. The number of fused-ring (bicyclic) bond motifs is 1. The average Bonchev–Trinajstić information content (AvgIpc) is 3.16. The minimum Gasteiger partial charge on any atom is -0.487 e. The van der Waals surface area contributed by atoms with Gasteiger partial charge in [0.25, 0.3) is 0 Å². The number of alkyl halides is 3. The van der Waals surface area contributed by atoms with Gasteiger partial charge in [-0.3, -0.25) is 4.79 Å². The first-order valence-corrected chi connectivity index (χ1v) is 9.90. The highest BCUT2D eigenvalue weighted by Crippen LogP contribution is 2.34. The summed E-state index contributed by atoms with van der Waals surface area (Å²) in [6.45, 7) is 2.21. The third kappa shape index (κ3) is 4.06. The van der Waals surface area contributed by atoms with Crippen LogP contribution in [0.5, 0.6) is 5.75 Å². The summed E-state index contributed by atoms with van der Waals surface area (Å²) in [5.41, 5.74) is 1.22. The van der Waals surface area contributed by atoms with E-state index in [9.17, 15) is 18.0 Å². The highest BCUT2D eigenvalue weighted by molar-refractivity contribution is 6.10. The maximum Gasteiger partial charge on any atom is 0.417 e. The number of aryl methyl sites for hydroxylation is 1. The molecule has 0 aliphatic carbocycles. The average molecular weight is 423 g/mol. The Hall–Kier alpha value is -3.54. The molecule has 0 unspecified atom stereocenters. The third-order valence-electron chi connectivity index (χ3n) is 5.16. The van der Waals surface area contributed by atoms with E-state index in [4.69, 9.17) is 4.74 Å². The summed E-state index contributed by atoms with van der Waals surface area (Å²) in [6, 6.07) is 19.8. The molecule has 0 bridgehead atoms. The van der Waals surface area contributed by atoms with Crippen LogP contribution in [-0.2, 0) is 19.2 Å². The highest BCUT2D eigenvalue weighted by atomic mass is 19.4. The lowest BCUT2D eigenvalue weighted by Gasteiger charge is -2.13. The summed E-state index contributed by atoms with van der Waals surface area (Å²) in [7, 11) is 0. The minimum atomic E-state index is -4.62. The van der Waals surface area contributed by atoms with E-state index in [0.29, 0.717) is 29.9 Å². The molecule has 0 saturated carbocycles. The van der Waals surface area contributed by atoms with Crippen LogP contribution in [0.2, 0.25) is 0 Å². The van der Waals surface area contributed by atoms with Gasteiger partial charge in [0.1, 0.15) is 12.4 Å². The molecule has 0 spiro atoms. The first-order chi connectivity index (χ1) is 14.9. The van der Waals surface area contributed by atoms with Crippen molar-refractivity contribution < 1.29 is 22.7 Å². The first kappa shape index (κ1) is 20.7. The number of hydrogen-bond donors (Lipinski definition) is 0. The van der Waals surface area contributed by atoms with Crippen molar-refractivity contribution in [2.75, 3.05) is 0 Å². The summed E-state index contributed by atoms with van der Waals surface area (Å²) in [4.78, 5) is 13.3. The number of aromatic nitrogens is 1. The molecule has 4 aromatic rings. The van der Waals surface area contributed by atoms with Gasteiger partial charge in [0.2, 0.25) is 5.78 Å². The second-order valence-electron chi connectivity index (χ2n) is 7.15. The Morgan fingerprint density at radius 1 is 0.968 bits per heavy atom. The molecular formula is C25H20F3NO2. The van der Waals surface area contributed by atoms with E-state index in [1.54, 1.807) is 22.7 Å². The molecular weight excluding hydrogens is 403 g/mol. The number of nitrogens with zero attached hydrogens (tertiary/aromatic N) is 1. The molecule has 0 N–H and O–H groups in total. The topological polar surface area (TPSA) is 30.7 Å². The number of hydrogen-bond acceptors (Lipinski definition) is 2. The zero-order valence-corrected chi connectivity index (χ0v) is 16.8. The van der Waals surface area contributed by atoms with Gasteiger partial charge < -0.3 is 9.14 Å². The van der Waals surface area contributed by atoms with Gasteiger partial charge in [0.05, 0.1) is 16.8 Å². The van der Waals surface area contributed by atoms with Crippen molar-refractivity contribution in [3.8, 4) is 5.75 Å². The fourth-order valence-corrected chi connectivity index (χ4v) is 3.66. The Balaban J connectivity index is 1.78. The van der Waals surface area contributed by atoms with Gasteiger partial charge in [-0.2, -0.15) is 13.2 Å². The lowest BCUT2D eigenvalue weighted by molar-refractivity contribution is -0.137. The van der Waals surface area contributed by atoms with Crippen molar-refractivity contribution in [3.63, 3.8) is 0 Å². The minimum absolute atomic E-state index is 0.222. The molecule has 2 aromatic carbocycles. The fraction of sp³-hybridized carbons (Fsp3) is 0.160. The number of carbonyl (C=O) groups is 1. The molecule has 0 aliphatic rings. The molecule has 4 rings (SSSR count). The third-order valence-corrected chi connectivity index (χ3v) is 5.16. The maximum atomic E-state index is 13.5. The van der Waals surface area contributed by atoms with E-state index in [-0.39, 0.29) is 11.3 Å². The predicted molar refractivity (Wildman–Crippen MR) is 112 cm³/mol. The van der Waals surface area contributed by atoms with E-state index in [1.807, 2.05) is 43.3 Å². The Labute approximate surface area is 177 Å². The van der Waals surface area contributed by atoms with Crippen molar-refractivity contribution in [1.82, 2.24) is 4.40 Å². The lowest BCUT2D eigenvalue weighted by atomic mass is 9.99. The number of ether oxygens (including phenoxy) is 1. The highest BCUT2D eigenvalue weighted by Gasteiger charge is 2.36. The molecule has 2 heterocycles. The fourth-order valence-electron chi connectivity index (χ4n) is 3.66. The van der Waals surface area contributed by atoms with Crippen molar-refractivity contribution in [2.45, 2.75) is 26.1 Å². The molecule has 158 valence electrons. The van der Waals surface area contributed by atoms with Crippen LogP contribution in [0.25, 0.3) is 5.52 Å². The van der Waals surface area contributed by atoms with Gasteiger partial charge in [-0.05, 0) is 41.8 Å². The van der Waals surface area contributed by atoms with Gasteiger partial charge in [0, 0.05) is 11.8 Å². The van der Waals surface area contributed by atoms with Crippen molar-refractivity contribution >= 4 is 11.3 Å². The summed E-state index contributed by atoms with van der Waals surface area (Å²) in [6.07, 6.45) is -2.45. The van der Waals surface area contributed by atoms with Crippen molar-refractivity contribution in [3.05, 3.63) is 107 Å². The molecule has 0 saturated heterocycles. The number of rotatable bonds is 6. The van der Waals surface area contributed by atoms with E-state index in [2.05, 4.69) is 0 Å². The smallest absolute Gasteiger partial charge is 0.417 e. The largest absolute Gasteiger partial charge is 0.487 e. The van der Waals surface area contributed by atoms with Crippen LogP contribution in [0.3, 0.4) is 0 Å². The summed E-state index contributed by atoms with van der Waals surface area (Å²) in [5, 5.41) is 0. The number of benzene rings is 2. The second-order valence-corrected chi connectivity index (χ2v) is 7.15. The van der Waals surface area contributed by atoms with Crippen LogP contribution in [0.4, 0.5) is 13.2 Å². The summed E-state index contributed by atoms with van der Waals surface area (Å²) in [5.74, 6) is -0.103. The van der Waals surface area contributed by atoms with Gasteiger partial charge in [-0.15, -0.1) is 0 Å². The summed E-state index contributed by atoms with van der Waals surface area (Å²) >= 11 is 0. The predicted octanol–water partition coefficient (Wildman–Crippen LogP) is 6.33. The molecule has 3 nitrogen and oxygen atoms in total. The molecule has 31 heavy (non-hydrogen) atoms. The van der Waals surface area contributed by atoms with Gasteiger partial charge in [0.15, 0.2) is 0 Å². The number of halogens is 3. The zero-order chi connectivity index (χ0) is 22.0. The quantitative estimate of drug-likeness (QED) is 0.339. The van der Waals surface area contributed by atoms with Crippen LogP contribution in [-0.4, -0.2) is 10.2 Å². The maximum absolute atomic E-state index is 13.5. The van der Waals surface area contributed by atoms with Gasteiger partial charge in [-0.25, -0.2) is 0 Å². The van der Waals surface area contributed by atoms with E-state index >= 15 is 0 Å². The molecule has 2 aromatic heterocycles. The molecule has 0 atom stereocenters. The Morgan fingerprint density at radius 3 is 2.39 bits per heavy atom. The molecule has 0 radical (unpaired) electrons. The lowest BCUT2D eigenvalue weighted by Crippen LogP contribution is -2.16. The summed E-state index contributed by atoms with van der Waals surface area (Å²) < 4.78 is 48.1. The second kappa shape index (κ2) is 8.30. The standard InChI is InChI=1S/C25H20F3NO2/c1-2-18-15-21-22(31-16-17-9-4-3-5-10-17)13-8-14-29(21)23(18)24(30)19-11-6-7-12-20(19)25(26,27)28/h3-15H,2,16H2,1H3. The van der Waals surface area contributed by atoms with Crippen molar-refractivity contribution in [2.24, 2.45) is 0 Å². The molecule has 0 aliphatic heterocycles. The Morgan fingerprint density at radius 2 is 1.68 bits per heavy atom. The van der Waals surface area contributed by atoms with Crippen LogP contribution in [0.1, 0.15) is 39.7 Å². The van der Waals surface area contributed by atoms with E-state index in [0.717, 1.165) is 11.6 Å². The molecule has 0 fully saturated rings. The SMILES string of the molecule is CCc1cc2c(OCc3ccccc3)cccn2c1C(=O)c1ccccc1C(F)(F)F. The normalized spacial score (nSPS) is 11.6. The number of pyridine rings is 1. The first-order valence-electron chi connectivity index (χ1n) is 9.90. The van der Waals surface area contributed by atoms with Crippen LogP contribution in [0.15, 0.2) is 79.0 Å². The van der Waals surface area contributed by atoms with Crippen LogP contribution >= 0.6 is 0 Å². The van der Waals surface area contributed by atoms with Gasteiger partial charge >= 0.3 is 6.18 Å². The number of ketones is 1. The molecule has 6 heteroatoms. The molecule has 0 amide bonds. The number of carbonyl (C=O) groups excluding carboxylic acids is 1. The van der Waals surface area contributed by atoms with Crippen LogP contribution in [0, 0.1) is 0 Å². The monoisotopic (exact) mass is 423 g/mol. The zero-order valence-electron chi connectivity index (χ0n) is 16.8. The van der Waals surface area contributed by atoms with Gasteiger partial charge in [-0.1, -0.05) is 55.5 Å². The van der Waals surface area contributed by atoms with E-state index in [1.165, 1.54) is 18.2 Å². The van der Waals surface area contributed by atoms with Crippen LogP contribution < -0.4 is 4.74 Å². The Kier molecular flexibility index (Phi) is 5.55.